The first-order valence-corrected chi connectivity index (χ1v) is 12.1. The molecule has 3 aromatic rings. The number of rotatable bonds is 7. The van der Waals surface area contributed by atoms with Gasteiger partial charge in [-0.25, -0.2) is 9.78 Å². The summed E-state index contributed by atoms with van der Waals surface area (Å²) in [6, 6.07) is 15.8. The highest BCUT2D eigenvalue weighted by molar-refractivity contribution is 7.87. The minimum Gasteiger partial charge on any atom is -0.444 e. The summed E-state index contributed by atoms with van der Waals surface area (Å²) in [5.74, 6) is 0. The van der Waals surface area contributed by atoms with Crippen LogP contribution >= 0.6 is 11.3 Å². The number of nitrogens with zero attached hydrogens (tertiary/aromatic N) is 1. The highest BCUT2D eigenvalue weighted by Gasteiger charge is 2.23. The lowest BCUT2D eigenvalue weighted by Gasteiger charge is -2.23. The van der Waals surface area contributed by atoms with Crippen molar-refractivity contribution in [2.24, 2.45) is 0 Å². The quantitative estimate of drug-likeness (QED) is 0.421. The summed E-state index contributed by atoms with van der Waals surface area (Å²) in [5.41, 5.74) is 2.10. The van der Waals surface area contributed by atoms with E-state index in [4.69, 9.17) is 14.3 Å². The van der Waals surface area contributed by atoms with Crippen molar-refractivity contribution in [2.45, 2.75) is 38.8 Å². The number of alkyl carbamates (subject to hydrolysis) is 1. The highest BCUT2D eigenvalue weighted by atomic mass is 32.2. The first kappa shape index (κ1) is 23.7. The summed E-state index contributed by atoms with van der Waals surface area (Å²) in [7, 11) is -4.35. The van der Waals surface area contributed by atoms with Crippen molar-refractivity contribution < 1.29 is 22.5 Å². The van der Waals surface area contributed by atoms with E-state index in [1.807, 2.05) is 40.4 Å². The number of benzene rings is 2. The van der Waals surface area contributed by atoms with Crippen molar-refractivity contribution in [3.63, 3.8) is 0 Å². The lowest BCUT2D eigenvalue weighted by Crippen LogP contribution is -2.35. The molecule has 0 fully saturated rings. The van der Waals surface area contributed by atoms with E-state index >= 15 is 0 Å². The van der Waals surface area contributed by atoms with Gasteiger partial charge in [0, 0.05) is 10.9 Å². The molecule has 0 spiro atoms. The molecule has 0 saturated heterocycles. The maximum absolute atomic E-state index is 12.5. The maximum atomic E-state index is 12.5. The van der Waals surface area contributed by atoms with E-state index in [0.29, 0.717) is 12.1 Å². The summed E-state index contributed by atoms with van der Waals surface area (Å²) in [4.78, 5) is 17.2. The van der Waals surface area contributed by atoms with Gasteiger partial charge in [0.1, 0.15) is 10.6 Å². The van der Waals surface area contributed by atoms with E-state index in [1.165, 1.54) is 23.5 Å². The number of carbonyl (C=O) groups is 1. The zero-order chi connectivity index (χ0) is 23.4. The van der Waals surface area contributed by atoms with E-state index in [0.717, 1.165) is 16.1 Å². The smallest absolute Gasteiger partial charge is 0.408 e. The molecule has 3 rings (SSSR count). The fourth-order valence-corrected chi connectivity index (χ4v) is 4.25. The molecule has 0 radical (unpaired) electrons. The summed E-state index contributed by atoms with van der Waals surface area (Å²) in [6.45, 7) is 5.37. The number of aromatic nitrogens is 1. The summed E-state index contributed by atoms with van der Waals surface area (Å²) in [6.07, 6.45) is -0.148. The Bertz CT molecular complexity index is 1150. The predicted octanol–water partition coefficient (Wildman–Crippen LogP) is 4.83. The van der Waals surface area contributed by atoms with Crippen molar-refractivity contribution >= 4 is 33.4 Å². The molecule has 3 N–H and O–H groups in total. The van der Waals surface area contributed by atoms with Crippen molar-refractivity contribution in [3.05, 3.63) is 71.2 Å². The van der Waals surface area contributed by atoms with Crippen LogP contribution in [0.5, 0.6) is 0 Å². The molecule has 8 nitrogen and oxygen atoms in total. The molecule has 1 atom stereocenters. The molecule has 2 aromatic carbocycles. The SMILES string of the molecule is CC(C)(C)OC(=O)N[C@@H](Cc1ccc(NS(=O)(=O)O)cc1)c1csc(-c2ccccc2)n1. The summed E-state index contributed by atoms with van der Waals surface area (Å²) >= 11 is 1.48. The van der Waals surface area contributed by atoms with Crippen molar-refractivity contribution in [1.82, 2.24) is 10.3 Å². The lowest BCUT2D eigenvalue weighted by atomic mass is 10.0. The summed E-state index contributed by atoms with van der Waals surface area (Å²) < 4.78 is 38.3. The Kier molecular flexibility index (Phi) is 7.17. The van der Waals surface area contributed by atoms with Gasteiger partial charge in [0.05, 0.1) is 17.4 Å². The summed E-state index contributed by atoms with van der Waals surface area (Å²) in [5, 5.41) is 5.63. The van der Waals surface area contributed by atoms with E-state index < -0.39 is 28.0 Å². The number of hydrogen-bond donors (Lipinski definition) is 3. The molecule has 0 saturated carbocycles. The number of anilines is 1. The molecule has 32 heavy (non-hydrogen) atoms. The zero-order valence-corrected chi connectivity index (χ0v) is 19.5. The third-order valence-corrected chi connectivity index (χ3v) is 5.63. The van der Waals surface area contributed by atoms with Gasteiger partial charge in [-0.15, -0.1) is 11.3 Å². The van der Waals surface area contributed by atoms with Crippen molar-refractivity contribution in [3.8, 4) is 10.6 Å². The largest absolute Gasteiger partial charge is 0.444 e. The zero-order valence-electron chi connectivity index (χ0n) is 17.9. The van der Waals surface area contributed by atoms with Gasteiger partial charge in [-0.1, -0.05) is 42.5 Å². The third kappa shape index (κ3) is 7.33. The normalized spacial score (nSPS) is 12.8. The Labute approximate surface area is 191 Å². The van der Waals surface area contributed by atoms with Gasteiger partial charge < -0.3 is 10.1 Å². The Hall–Kier alpha value is -2.95. The average Bonchev–Trinajstić information content (AvgIpc) is 3.17. The van der Waals surface area contributed by atoms with E-state index in [2.05, 4.69) is 5.32 Å². The Morgan fingerprint density at radius 3 is 2.38 bits per heavy atom. The number of amides is 1. The molecule has 170 valence electrons. The molecule has 0 bridgehead atoms. The molecule has 1 amide bonds. The number of nitrogens with one attached hydrogen (secondary N) is 2. The molecular formula is C22H25N3O5S2. The van der Waals surface area contributed by atoms with Crippen LogP contribution in [-0.2, 0) is 21.5 Å². The third-order valence-electron chi connectivity index (χ3n) is 4.23. The van der Waals surface area contributed by atoms with Gasteiger partial charge in [0.25, 0.3) is 0 Å². The van der Waals surface area contributed by atoms with E-state index in [9.17, 15) is 13.2 Å². The highest BCUT2D eigenvalue weighted by Crippen LogP contribution is 2.28. The van der Waals surface area contributed by atoms with Crippen LogP contribution in [0.4, 0.5) is 10.5 Å². The molecule has 0 aliphatic rings. The van der Waals surface area contributed by atoms with Gasteiger partial charge >= 0.3 is 16.4 Å². The van der Waals surface area contributed by atoms with Crippen LogP contribution in [0.1, 0.15) is 38.1 Å². The van der Waals surface area contributed by atoms with Crippen LogP contribution in [0.2, 0.25) is 0 Å². The Morgan fingerprint density at radius 2 is 1.78 bits per heavy atom. The number of ether oxygens (including phenoxy) is 1. The Balaban J connectivity index is 1.83. The van der Waals surface area contributed by atoms with Gasteiger partial charge in [-0.3, -0.25) is 9.27 Å². The topological polar surface area (TPSA) is 118 Å². The molecule has 0 unspecified atom stereocenters. The minimum absolute atomic E-state index is 0.230. The van der Waals surface area contributed by atoms with Crippen LogP contribution in [0, 0.1) is 0 Å². The fraction of sp³-hybridized carbons (Fsp3) is 0.273. The van der Waals surface area contributed by atoms with Crippen LogP contribution in [-0.4, -0.2) is 29.6 Å². The van der Waals surface area contributed by atoms with Crippen LogP contribution < -0.4 is 10.0 Å². The number of hydrogen-bond acceptors (Lipinski definition) is 6. The molecule has 10 heteroatoms. The van der Waals surface area contributed by atoms with Crippen molar-refractivity contribution in [2.75, 3.05) is 4.72 Å². The van der Waals surface area contributed by atoms with Gasteiger partial charge in [0.2, 0.25) is 0 Å². The molecule has 0 aliphatic carbocycles. The predicted molar refractivity (Wildman–Crippen MR) is 125 cm³/mol. The minimum atomic E-state index is -4.35. The number of carbonyl (C=O) groups excluding carboxylic acids is 1. The molecule has 0 aliphatic heterocycles. The number of thiazole rings is 1. The second kappa shape index (κ2) is 9.68. The van der Waals surface area contributed by atoms with Gasteiger partial charge in [0.15, 0.2) is 0 Å². The maximum Gasteiger partial charge on any atom is 0.408 e. The van der Waals surface area contributed by atoms with E-state index in [1.54, 1.807) is 32.9 Å². The fourth-order valence-electron chi connectivity index (χ4n) is 2.93. The average molecular weight is 476 g/mol. The molecule has 1 heterocycles. The van der Waals surface area contributed by atoms with Crippen LogP contribution in [0.15, 0.2) is 60.0 Å². The molecular weight excluding hydrogens is 450 g/mol. The first-order chi connectivity index (χ1) is 15.0. The van der Waals surface area contributed by atoms with Gasteiger partial charge in [-0.2, -0.15) is 8.42 Å². The molecule has 1 aromatic heterocycles. The second-order valence-corrected chi connectivity index (χ2v) is 10.1. The second-order valence-electron chi connectivity index (χ2n) is 8.12. The van der Waals surface area contributed by atoms with Crippen LogP contribution in [0.3, 0.4) is 0 Å². The van der Waals surface area contributed by atoms with Crippen molar-refractivity contribution in [1.29, 1.82) is 0 Å². The first-order valence-electron chi connectivity index (χ1n) is 9.83. The van der Waals surface area contributed by atoms with Gasteiger partial charge in [-0.05, 0) is 44.9 Å². The Morgan fingerprint density at radius 1 is 1.12 bits per heavy atom. The monoisotopic (exact) mass is 475 g/mol. The van der Waals surface area contributed by atoms with Crippen LogP contribution in [0.25, 0.3) is 10.6 Å². The standard InChI is InChI=1S/C22H25N3O5S2/c1-22(2,3)30-21(26)24-18(13-15-9-11-17(12-10-15)25-32(27,28)29)19-14-31-20(23-19)16-7-5-4-6-8-16/h4-12,14,18,25H,13H2,1-3H3,(H,24,26)(H,27,28,29)/t18-/m0/s1. The lowest BCUT2D eigenvalue weighted by molar-refractivity contribution is 0.0502. The van der Waals surface area contributed by atoms with E-state index in [-0.39, 0.29) is 5.69 Å².